The summed E-state index contributed by atoms with van der Waals surface area (Å²) in [6, 6.07) is 9.19. The van der Waals surface area contributed by atoms with E-state index in [0.717, 1.165) is 0 Å². The van der Waals surface area contributed by atoms with Gasteiger partial charge in [-0.25, -0.2) is 9.78 Å². The molecule has 1 unspecified atom stereocenters. The number of carbonyl (C=O) groups is 1. The van der Waals surface area contributed by atoms with E-state index in [9.17, 15) is 9.59 Å². The summed E-state index contributed by atoms with van der Waals surface area (Å²) in [5.74, 6) is 1.53. The van der Waals surface area contributed by atoms with Crippen LogP contribution in [0.2, 0.25) is 5.02 Å². The highest BCUT2D eigenvalue weighted by Gasteiger charge is 2.26. The van der Waals surface area contributed by atoms with E-state index in [2.05, 4.69) is 5.32 Å². The number of carbonyl (C=O) groups excluding carboxylic acids is 1. The molecule has 2 amide bonds. The molecule has 2 aromatic carbocycles. The highest BCUT2D eigenvalue weighted by Crippen LogP contribution is 2.30. The lowest BCUT2D eigenvalue weighted by molar-refractivity contribution is 0.136. The third kappa shape index (κ3) is 5.26. The first-order valence-electron chi connectivity index (χ1n) is 10.8. The molecule has 0 aliphatic rings. The minimum absolute atomic E-state index is 0.208. The number of halogens is 1. The lowest BCUT2D eigenvalue weighted by atomic mass is 10.2. The number of amides is 2. The second-order valence-corrected chi connectivity index (χ2v) is 7.98. The third-order valence-electron chi connectivity index (χ3n) is 5.55. The molecule has 0 aliphatic heterocycles. The maximum Gasteiger partial charge on any atom is 0.322 e. The molecule has 1 aromatic heterocycles. The Hall–Kier alpha value is -3.30. The van der Waals surface area contributed by atoms with Gasteiger partial charge < -0.3 is 24.4 Å². The van der Waals surface area contributed by atoms with Gasteiger partial charge in [-0.05, 0) is 44.2 Å². The van der Waals surface area contributed by atoms with Crippen molar-refractivity contribution in [1.82, 2.24) is 14.5 Å². The number of nitrogens with one attached hydrogen (secondary N) is 1. The first-order valence-corrected chi connectivity index (χ1v) is 11.2. The summed E-state index contributed by atoms with van der Waals surface area (Å²) in [5, 5.41) is 3.78. The van der Waals surface area contributed by atoms with Gasteiger partial charge in [0.25, 0.3) is 5.56 Å². The van der Waals surface area contributed by atoms with Crippen LogP contribution in [0.25, 0.3) is 10.9 Å². The Kier molecular flexibility index (Phi) is 8.36. The predicted octanol–water partition coefficient (Wildman–Crippen LogP) is 4.33. The molecule has 0 radical (unpaired) electrons. The van der Waals surface area contributed by atoms with Gasteiger partial charge in [-0.3, -0.25) is 9.36 Å². The van der Waals surface area contributed by atoms with Crippen LogP contribution in [0.1, 0.15) is 25.7 Å². The molecular formula is C24H29ClN4O5. The van der Waals surface area contributed by atoms with Gasteiger partial charge in [0.05, 0.1) is 43.5 Å². The monoisotopic (exact) mass is 488 g/mol. The molecule has 0 spiro atoms. The van der Waals surface area contributed by atoms with E-state index in [-0.39, 0.29) is 18.1 Å². The second kappa shape index (κ2) is 11.2. The molecule has 3 rings (SSSR count). The molecule has 0 bridgehead atoms. The molecule has 0 fully saturated rings. The Morgan fingerprint density at radius 3 is 2.59 bits per heavy atom. The molecule has 182 valence electrons. The Balaban J connectivity index is 2.01. The summed E-state index contributed by atoms with van der Waals surface area (Å²) in [6.07, 6.45) is 0. The number of rotatable bonds is 9. The van der Waals surface area contributed by atoms with Gasteiger partial charge in [-0.1, -0.05) is 11.6 Å². The zero-order valence-corrected chi connectivity index (χ0v) is 20.7. The van der Waals surface area contributed by atoms with Gasteiger partial charge in [0.1, 0.15) is 17.3 Å². The first-order chi connectivity index (χ1) is 16.3. The lowest BCUT2D eigenvalue weighted by Gasteiger charge is -2.30. The molecular weight excluding hydrogens is 460 g/mol. The maximum atomic E-state index is 13.4. The number of anilines is 1. The van der Waals surface area contributed by atoms with E-state index in [1.54, 1.807) is 60.1 Å². The van der Waals surface area contributed by atoms with Crippen LogP contribution in [0.15, 0.2) is 41.2 Å². The largest absolute Gasteiger partial charge is 0.497 e. The van der Waals surface area contributed by atoms with E-state index in [0.29, 0.717) is 52.1 Å². The summed E-state index contributed by atoms with van der Waals surface area (Å²) >= 11 is 6.09. The fourth-order valence-electron chi connectivity index (χ4n) is 3.72. The fourth-order valence-corrected chi connectivity index (χ4v) is 3.90. The predicted molar refractivity (Wildman–Crippen MR) is 132 cm³/mol. The van der Waals surface area contributed by atoms with Gasteiger partial charge in [0, 0.05) is 31.3 Å². The average Bonchev–Trinajstić information content (AvgIpc) is 2.84. The number of hydrogen-bond donors (Lipinski definition) is 1. The zero-order chi connectivity index (χ0) is 24.8. The third-order valence-corrected chi connectivity index (χ3v) is 5.79. The summed E-state index contributed by atoms with van der Waals surface area (Å²) in [6.45, 7) is 4.66. The second-order valence-electron chi connectivity index (χ2n) is 7.54. The van der Waals surface area contributed by atoms with Crippen LogP contribution in [0.4, 0.5) is 10.5 Å². The van der Waals surface area contributed by atoms with E-state index >= 15 is 0 Å². The summed E-state index contributed by atoms with van der Waals surface area (Å²) in [5.41, 5.74) is 0.794. The smallest absolute Gasteiger partial charge is 0.322 e. The Labute approximate surface area is 203 Å². The van der Waals surface area contributed by atoms with Gasteiger partial charge in [-0.15, -0.1) is 0 Å². The van der Waals surface area contributed by atoms with E-state index in [4.69, 9.17) is 30.8 Å². The van der Waals surface area contributed by atoms with Crippen molar-refractivity contribution in [1.29, 1.82) is 0 Å². The molecule has 0 saturated heterocycles. The van der Waals surface area contributed by atoms with E-state index < -0.39 is 6.04 Å². The summed E-state index contributed by atoms with van der Waals surface area (Å²) in [7, 11) is 4.63. The fraction of sp³-hybridized carbons (Fsp3) is 0.375. The van der Waals surface area contributed by atoms with Crippen molar-refractivity contribution >= 4 is 34.2 Å². The SMILES string of the molecule is CCn1c(C(C)N(CCOC)C(=O)Nc2ccc(OC)cc2OC)nc2ccc(Cl)cc2c1=O. The minimum Gasteiger partial charge on any atom is -0.497 e. The molecule has 1 N–H and O–H groups in total. The highest BCUT2D eigenvalue weighted by atomic mass is 35.5. The van der Waals surface area contributed by atoms with Crippen LogP contribution in [-0.4, -0.2) is 55.0 Å². The Morgan fingerprint density at radius 2 is 1.94 bits per heavy atom. The van der Waals surface area contributed by atoms with Crippen molar-refractivity contribution in [2.75, 3.05) is 39.8 Å². The van der Waals surface area contributed by atoms with Crippen molar-refractivity contribution in [3.63, 3.8) is 0 Å². The molecule has 10 heteroatoms. The van der Waals surface area contributed by atoms with Gasteiger partial charge >= 0.3 is 6.03 Å². The van der Waals surface area contributed by atoms with Crippen LogP contribution < -0.4 is 20.3 Å². The van der Waals surface area contributed by atoms with Crippen LogP contribution in [0.3, 0.4) is 0 Å². The summed E-state index contributed by atoms with van der Waals surface area (Å²) in [4.78, 5) is 32.9. The number of hydrogen-bond acceptors (Lipinski definition) is 6. The number of fused-ring (bicyclic) bond motifs is 1. The van der Waals surface area contributed by atoms with Crippen LogP contribution in [-0.2, 0) is 11.3 Å². The number of benzene rings is 2. The average molecular weight is 489 g/mol. The van der Waals surface area contributed by atoms with Crippen molar-refractivity contribution in [2.24, 2.45) is 0 Å². The molecule has 1 heterocycles. The molecule has 3 aromatic rings. The molecule has 9 nitrogen and oxygen atoms in total. The van der Waals surface area contributed by atoms with Gasteiger partial charge in [0.15, 0.2) is 0 Å². The Bertz CT molecular complexity index is 1230. The first kappa shape index (κ1) is 25.3. The van der Waals surface area contributed by atoms with E-state index in [1.807, 2.05) is 13.8 Å². The van der Waals surface area contributed by atoms with Crippen molar-refractivity contribution in [3.8, 4) is 11.5 Å². The normalized spacial score (nSPS) is 11.8. The number of aromatic nitrogens is 2. The summed E-state index contributed by atoms with van der Waals surface area (Å²) < 4.78 is 17.4. The zero-order valence-electron chi connectivity index (χ0n) is 19.9. The van der Waals surface area contributed by atoms with Crippen molar-refractivity contribution in [3.05, 3.63) is 57.6 Å². The van der Waals surface area contributed by atoms with Crippen LogP contribution >= 0.6 is 11.6 Å². The van der Waals surface area contributed by atoms with Crippen LogP contribution in [0.5, 0.6) is 11.5 Å². The van der Waals surface area contributed by atoms with E-state index in [1.165, 1.54) is 7.11 Å². The quantitative estimate of drug-likeness (QED) is 0.481. The van der Waals surface area contributed by atoms with Gasteiger partial charge in [-0.2, -0.15) is 0 Å². The lowest BCUT2D eigenvalue weighted by Crippen LogP contribution is -2.41. The maximum absolute atomic E-state index is 13.4. The number of nitrogens with zero attached hydrogens (tertiary/aromatic N) is 3. The number of methoxy groups -OCH3 is 3. The minimum atomic E-state index is -0.535. The molecule has 0 aliphatic carbocycles. The topological polar surface area (TPSA) is 94.9 Å². The van der Waals surface area contributed by atoms with Crippen LogP contribution in [0, 0.1) is 0 Å². The standard InChI is InChI=1S/C24H29ClN4O5/c1-6-28-22(26-19-9-7-16(25)13-18(19)23(28)30)15(2)29(11-12-32-3)24(31)27-20-10-8-17(33-4)14-21(20)34-5/h7-10,13-15H,6,11-12H2,1-5H3,(H,27,31). The number of ether oxygens (including phenoxy) is 3. The van der Waals surface area contributed by atoms with Crippen molar-refractivity contribution < 1.29 is 19.0 Å². The molecule has 0 saturated carbocycles. The molecule has 1 atom stereocenters. The highest BCUT2D eigenvalue weighted by molar-refractivity contribution is 6.31. The number of urea groups is 1. The van der Waals surface area contributed by atoms with Crippen molar-refractivity contribution in [2.45, 2.75) is 26.4 Å². The Morgan fingerprint density at radius 1 is 1.18 bits per heavy atom. The van der Waals surface area contributed by atoms with Gasteiger partial charge in [0.2, 0.25) is 0 Å². The molecule has 34 heavy (non-hydrogen) atoms.